The Morgan fingerprint density at radius 2 is 1.77 bits per heavy atom. The Kier molecular flexibility index (Phi) is 3.50. The van der Waals surface area contributed by atoms with Gasteiger partial charge in [0.05, 0.1) is 11.0 Å². The van der Waals surface area contributed by atoms with Gasteiger partial charge in [-0.1, -0.05) is 17.7 Å². The topological polar surface area (TPSA) is 56.0 Å². The van der Waals surface area contributed by atoms with Gasteiger partial charge in [0.2, 0.25) is 0 Å². The van der Waals surface area contributed by atoms with E-state index in [1.807, 2.05) is 6.07 Å². The predicted octanol–water partition coefficient (Wildman–Crippen LogP) is 2.78. The van der Waals surface area contributed by atoms with E-state index < -0.39 is 0 Å². The van der Waals surface area contributed by atoms with Crippen molar-refractivity contribution >= 4 is 34.2 Å². The first kappa shape index (κ1) is 14.4. The lowest BCUT2D eigenvalue weighted by atomic mass is 10.2. The van der Waals surface area contributed by atoms with Crippen molar-refractivity contribution in [3.05, 3.63) is 63.5 Å². The summed E-state index contributed by atoms with van der Waals surface area (Å²) in [5, 5.41) is 3.32. The van der Waals surface area contributed by atoms with Crippen LogP contribution in [0.3, 0.4) is 0 Å². The molecule has 1 heterocycles. The molecule has 0 saturated carbocycles. The average molecular weight is 316 g/mol. The molecule has 1 N–H and O–H groups in total. The summed E-state index contributed by atoms with van der Waals surface area (Å²) in [6.45, 7) is 0. The van der Waals surface area contributed by atoms with E-state index in [1.165, 1.54) is 0 Å². The fraction of sp³-hybridized carbons (Fsp3) is 0.125. The summed E-state index contributed by atoms with van der Waals surface area (Å²) >= 11 is 5.89. The number of benzene rings is 2. The molecule has 2 aromatic carbocycles. The highest BCUT2D eigenvalue weighted by molar-refractivity contribution is 6.31. The van der Waals surface area contributed by atoms with Crippen molar-refractivity contribution < 1.29 is 4.79 Å². The number of carbonyl (C=O) groups is 1. The summed E-state index contributed by atoms with van der Waals surface area (Å²) in [7, 11) is 3.42. The molecule has 0 unspecified atom stereocenters. The summed E-state index contributed by atoms with van der Waals surface area (Å²) in [5.41, 5.74) is 2.58. The molecule has 1 amide bonds. The van der Waals surface area contributed by atoms with E-state index in [2.05, 4.69) is 5.32 Å². The number of halogens is 1. The van der Waals surface area contributed by atoms with Crippen LogP contribution < -0.4 is 11.0 Å². The molecule has 0 aliphatic heterocycles. The van der Waals surface area contributed by atoms with Gasteiger partial charge < -0.3 is 5.32 Å². The van der Waals surface area contributed by atoms with Crippen LogP contribution in [-0.2, 0) is 14.1 Å². The van der Waals surface area contributed by atoms with Crippen molar-refractivity contribution in [1.82, 2.24) is 9.13 Å². The summed E-state index contributed by atoms with van der Waals surface area (Å²) < 4.78 is 3.11. The third kappa shape index (κ3) is 2.40. The fourth-order valence-electron chi connectivity index (χ4n) is 2.42. The van der Waals surface area contributed by atoms with E-state index in [4.69, 9.17) is 11.6 Å². The minimum Gasteiger partial charge on any atom is -0.322 e. The smallest absolute Gasteiger partial charge is 0.322 e. The van der Waals surface area contributed by atoms with E-state index >= 15 is 0 Å². The maximum Gasteiger partial charge on any atom is 0.328 e. The van der Waals surface area contributed by atoms with Crippen LogP contribution in [0.2, 0.25) is 5.02 Å². The highest BCUT2D eigenvalue weighted by Gasteiger charge is 2.10. The fourth-order valence-corrected chi connectivity index (χ4v) is 2.61. The zero-order valence-corrected chi connectivity index (χ0v) is 12.9. The molecule has 0 aliphatic rings. The molecule has 6 heteroatoms. The Balaban J connectivity index is 1.96. The molecule has 0 spiro atoms. The Morgan fingerprint density at radius 3 is 2.50 bits per heavy atom. The SMILES string of the molecule is Cn1c(=O)n(C)c2cc(NC(=O)c3cccc(Cl)c3)ccc21. The van der Waals surface area contributed by atoms with Gasteiger partial charge in [-0.05, 0) is 36.4 Å². The lowest BCUT2D eigenvalue weighted by molar-refractivity contribution is 0.102. The lowest BCUT2D eigenvalue weighted by Gasteiger charge is -2.06. The number of fused-ring (bicyclic) bond motifs is 1. The Bertz CT molecular complexity index is 940. The number of imidazole rings is 1. The third-order valence-electron chi connectivity index (χ3n) is 3.62. The second-order valence-electron chi connectivity index (χ2n) is 5.07. The highest BCUT2D eigenvalue weighted by atomic mass is 35.5. The molecule has 3 rings (SSSR count). The van der Waals surface area contributed by atoms with E-state index in [-0.39, 0.29) is 11.6 Å². The number of hydrogen-bond acceptors (Lipinski definition) is 2. The molecule has 5 nitrogen and oxygen atoms in total. The van der Waals surface area contributed by atoms with Crippen LogP contribution in [0.1, 0.15) is 10.4 Å². The summed E-state index contributed by atoms with van der Waals surface area (Å²) in [6, 6.07) is 12.1. The van der Waals surface area contributed by atoms with Crippen LogP contribution >= 0.6 is 11.6 Å². The molecule has 0 fully saturated rings. The molecule has 112 valence electrons. The van der Waals surface area contributed by atoms with Gasteiger partial charge in [0, 0.05) is 30.4 Å². The second-order valence-corrected chi connectivity index (χ2v) is 5.51. The van der Waals surface area contributed by atoms with E-state index in [0.717, 1.165) is 11.0 Å². The standard InChI is InChI=1S/C16H14ClN3O2/c1-19-13-7-6-12(9-14(13)20(2)16(19)22)18-15(21)10-4-3-5-11(17)8-10/h3-9H,1-2H3,(H,18,21). The maximum atomic E-state index is 12.2. The van der Waals surface area contributed by atoms with Crippen molar-refractivity contribution in [1.29, 1.82) is 0 Å². The number of amides is 1. The molecule has 0 saturated heterocycles. The van der Waals surface area contributed by atoms with Gasteiger partial charge in [0.25, 0.3) is 5.91 Å². The Hall–Kier alpha value is -2.53. The largest absolute Gasteiger partial charge is 0.328 e. The zero-order chi connectivity index (χ0) is 15.9. The molecular weight excluding hydrogens is 302 g/mol. The first-order valence-electron chi connectivity index (χ1n) is 6.70. The monoisotopic (exact) mass is 315 g/mol. The van der Waals surface area contributed by atoms with E-state index in [9.17, 15) is 9.59 Å². The quantitative estimate of drug-likeness (QED) is 0.790. The van der Waals surface area contributed by atoms with Crippen LogP contribution in [0.15, 0.2) is 47.3 Å². The Labute approximate surface area is 131 Å². The number of nitrogens with zero attached hydrogens (tertiary/aromatic N) is 2. The van der Waals surface area contributed by atoms with Crippen LogP contribution in [0.5, 0.6) is 0 Å². The van der Waals surface area contributed by atoms with Crippen molar-refractivity contribution in [2.45, 2.75) is 0 Å². The van der Waals surface area contributed by atoms with Crippen molar-refractivity contribution in [2.75, 3.05) is 5.32 Å². The summed E-state index contributed by atoms with van der Waals surface area (Å²) in [5.74, 6) is -0.247. The Morgan fingerprint density at radius 1 is 1.05 bits per heavy atom. The van der Waals surface area contributed by atoms with E-state index in [1.54, 1.807) is 59.6 Å². The molecule has 0 aliphatic carbocycles. The number of anilines is 1. The number of aromatic nitrogens is 2. The summed E-state index contributed by atoms with van der Waals surface area (Å²) in [6.07, 6.45) is 0. The number of aryl methyl sites for hydroxylation is 2. The minimum atomic E-state index is -0.247. The molecule has 0 atom stereocenters. The second kappa shape index (κ2) is 5.35. The lowest BCUT2D eigenvalue weighted by Crippen LogP contribution is -2.19. The minimum absolute atomic E-state index is 0.103. The predicted molar refractivity (Wildman–Crippen MR) is 87.6 cm³/mol. The number of carbonyl (C=O) groups excluding carboxylic acids is 1. The van der Waals surface area contributed by atoms with Gasteiger partial charge in [-0.2, -0.15) is 0 Å². The van der Waals surface area contributed by atoms with Crippen molar-refractivity contribution in [3.63, 3.8) is 0 Å². The van der Waals surface area contributed by atoms with Gasteiger partial charge in [-0.15, -0.1) is 0 Å². The van der Waals surface area contributed by atoms with Gasteiger partial charge in [0.15, 0.2) is 0 Å². The van der Waals surface area contributed by atoms with Gasteiger partial charge in [-0.3, -0.25) is 13.9 Å². The molecule has 1 aromatic heterocycles. The van der Waals surface area contributed by atoms with E-state index in [0.29, 0.717) is 16.3 Å². The van der Waals surface area contributed by atoms with Gasteiger partial charge >= 0.3 is 5.69 Å². The van der Waals surface area contributed by atoms with Crippen molar-refractivity contribution in [3.8, 4) is 0 Å². The molecule has 0 bridgehead atoms. The molecule has 0 radical (unpaired) electrons. The van der Waals surface area contributed by atoms with Gasteiger partial charge in [-0.25, -0.2) is 4.79 Å². The molecule has 22 heavy (non-hydrogen) atoms. The van der Waals surface area contributed by atoms with Crippen molar-refractivity contribution in [2.24, 2.45) is 14.1 Å². The summed E-state index contributed by atoms with van der Waals surface area (Å²) in [4.78, 5) is 24.1. The molecular formula is C16H14ClN3O2. The zero-order valence-electron chi connectivity index (χ0n) is 12.1. The van der Waals surface area contributed by atoms with Crippen LogP contribution in [0.4, 0.5) is 5.69 Å². The first-order chi connectivity index (χ1) is 10.5. The third-order valence-corrected chi connectivity index (χ3v) is 3.85. The normalized spacial score (nSPS) is 10.9. The average Bonchev–Trinajstić information content (AvgIpc) is 2.72. The van der Waals surface area contributed by atoms with Crippen LogP contribution in [0.25, 0.3) is 11.0 Å². The number of hydrogen-bond donors (Lipinski definition) is 1. The van der Waals surface area contributed by atoms with Crippen LogP contribution in [0, 0.1) is 0 Å². The number of nitrogens with one attached hydrogen (secondary N) is 1. The van der Waals surface area contributed by atoms with Crippen LogP contribution in [-0.4, -0.2) is 15.0 Å². The van der Waals surface area contributed by atoms with Gasteiger partial charge in [0.1, 0.15) is 0 Å². The molecule has 3 aromatic rings. The highest BCUT2D eigenvalue weighted by Crippen LogP contribution is 2.19. The first-order valence-corrected chi connectivity index (χ1v) is 7.07. The number of rotatable bonds is 2. The maximum absolute atomic E-state index is 12.2.